The molecule has 1 aliphatic heterocycles. The molecule has 0 spiro atoms. The third kappa shape index (κ3) is 3.02. The summed E-state index contributed by atoms with van der Waals surface area (Å²) in [6, 6.07) is 0.593. The van der Waals surface area contributed by atoms with E-state index >= 15 is 0 Å². The summed E-state index contributed by atoms with van der Waals surface area (Å²) >= 11 is 0. The van der Waals surface area contributed by atoms with E-state index in [0.717, 1.165) is 25.8 Å². The van der Waals surface area contributed by atoms with E-state index < -0.39 is 0 Å². The topological polar surface area (TPSA) is 33.7 Å². The minimum absolute atomic E-state index is 0.470. The number of quaternary nitrogens is 1. The molecule has 1 heterocycles. The molecule has 1 fully saturated rings. The van der Waals surface area contributed by atoms with Crippen LogP contribution >= 0.6 is 0 Å². The molecule has 0 amide bonds. The van der Waals surface area contributed by atoms with Crippen LogP contribution in [0.2, 0.25) is 0 Å². The molecule has 0 aliphatic carbocycles. The zero-order valence-electron chi connectivity index (χ0n) is 7.31. The smallest absolute Gasteiger partial charge is 0.139 e. The second-order valence-electron chi connectivity index (χ2n) is 3.42. The minimum atomic E-state index is 0.470. The lowest BCUT2D eigenvalue weighted by Gasteiger charge is -2.09. The molecule has 1 aliphatic rings. The number of hydrogen-bond acceptors (Lipinski definition) is 1. The standard InChI is InChI=1S/C9H17NO/c1-2-4-8-7-9(11)5-3-6-10-8/h8,10H,2-7H2,1H3/p+1. The summed E-state index contributed by atoms with van der Waals surface area (Å²) in [5.74, 6) is 0.470. The molecule has 1 rings (SSSR count). The van der Waals surface area contributed by atoms with Gasteiger partial charge in [-0.25, -0.2) is 0 Å². The quantitative estimate of drug-likeness (QED) is 0.619. The van der Waals surface area contributed by atoms with E-state index in [1.54, 1.807) is 0 Å². The Morgan fingerprint density at radius 2 is 2.45 bits per heavy atom. The summed E-state index contributed by atoms with van der Waals surface area (Å²) in [6.07, 6.45) is 5.11. The predicted molar refractivity (Wildman–Crippen MR) is 44.3 cm³/mol. The van der Waals surface area contributed by atoms with Gasteiger partial charge >= 0.3 is 0 Å². The molecule has 0 saturated carbocycles. The highest BCUT2D eigenvalue weighted by Crippen LogP contribution is 2.04. The summed E-state index contributed by atoms with van der Waals surface area (Å²) in [5.41, 5.74) is 0. The van der Waals surface area contributed by atoms with Crippen molar-refractivity contribution < 1.29 is 10.1 Å². The Morgan fingerprint density at radius 1 is 1.64 bits per heavy atom. The number of carbonyl (C=O) groups is 1. The zero-order chi connectivity index (χ0) is 8.10. The first-order chi connectivity index (χ1) is 5.33. The largest absolute Gasteiger partial charge is 0.343 e. The Labute approximate surface area is 68.4 Å². The number of Topliss-reactive ketones (excluding diaryl/α,β-unsaturated/α-hetero) is 1. The number of nitrogens with two attached hydrogens (primary N) is 1. The van der Waals surface area contributed by atoms with Crippen LogP contribution in [0.15, 0.2) is 0 Å². The molecule has 2 nitrogen and oxygen atoms in total. The first-order valence-corrected chi connectivity index (χ1v) is 4.68. The van der Waals surface area contributed by atoms with Gasteiger partial charge in [0.05, 0.1) is 19.0 Å². The molecular formula is C9H18NO+. The van der Waals surface area contributed by atoms with E-state index in [4.69, 9.17) is 0 Å². The van der Waals surface area contributed by atoms with Gasteiger partial charge in [-0.2, -0.15) is 0 Å². The van der Waals surface area contributed by atoms with Crippen LogP contribution in [0, 0.1) is 0 Å². The Hall–Kier alpha value is -0.370. The van der Waals surface area contributed by atoms with Crippen molar-refractivity contribution in [2.75, 3.05) is 6.54 Å². The van der Waals surface area contributed by atoms with Crippen LogP contribution in [0.1, 0.15) is 39.0 Å². The van der Waals surface area contributed by atoms with Crippen molar-refractivity contribution in [1.82, 2.24) is 0 Å². The Kier molecular flexibility index (Phi) is 3.57. The van der Waals surface area contributed by atoms with Crippen LogP contribution in [-0.2, 0) is 4.79 Å². The number of rotatable bonds is 2. The van der Waals surface area contributed by atoms with Gasteiger partial charge in [0, 0.05) is 12.8 Å². The second kappa shape index (κ2) is 4.50. The maximum absolute atomic E-state index is 11.1. The molecule has 1 atom stereocenters. The van der Waals surface area contributed by atoms with Gasteiger partial charge in [-0.05, 0) is 6.42 Å². The van der Waals surface area contributed by atoms with Crippen molar-refractivity contribution in [3.8, 4) is 0 Å². The molecule has 0 aromatic heterocycles. The van der Waals surface area contributed by atoms with E-state index in [2.05, 4.69) is 12.2 Å². The van der Waals surface area contributed by atoms with E-state index in [0.29, 0.717) is 11.8 Å². The Morgan fingerprint density at radius 3 is 3.18 bits per heavy atom. The third-order valence-corrected chi connectivity index (χ3v) is 2.31. The molecule has 0 aromatic rings. The van der Waals surface area contributed by atoms with Crippen LogP contribution in [-0.4, -0.2) is 18.4 Å². The summed E-state index contributed by atoms with van der Waals surface area (Å²) in [6.45, 7) is 3.33. The monoisotopic (exact) mass is 156 g/mol. The van der Waals surface area contributed by atoms with Gasteiger partial charge in [0.2, 0.25) is 0 Å². The van der Waals surface area contributed by atoms with Crippen molar-refractivity contribution in [2.45, 2.75) is 45.1 Å². The maximum Gasteiger partial charge on any atom is 0.139 e. The van der Waals surface area contributed by atoms with Gasteiger partial charge in [0.15, 0.2) is 0 Å². The van der Waals surface area contributed by atoms with E-state index in [1.165, 1.54) is 12.8 Å². The summed E-state index contributed by atoms with van der Waals surface area (Å²) in [7, 11) is 0. The molecule has 64 valence electrons. The summed E-state index contributed by atoms with van der Waals surface area (Å²) in [5, 5.41) is 2.34. The molecule has 1 saturated heterocycles. The van der Waals surface area contributed by atoms with E-state index in [9.17, 15) is 4.79 Å². The van der Waals surface area contributed by atoms with Crippen molar-refractivity contribution in [3.63, 3.8) is 0 Å². The van der Waals surface area contributed by atoms with Crippen LogP contribution < -0.4 is 5.32 Å². The lowest BCUT2D eigenvalue weighted by molar-refractivity contribution is -0.687. The molecule has 0 aromatic carbocycles. The lowest BCUT2D eigenvalue weighted by Crippen LogP contribution is -2.89. The molecule has 0 radical (unpaired) electrons. The van der Waals surface area contributed by atoms with Crippen LogP contribution in [0.5, 0.6) is 0 Å². The fourth-order valence-electron chi connectivity index (χ4n) is 1.72. The second-order valence-corrected chi connectivity index (χ2v) is 3.42. The molecular weight excluding hydrogens is 138 g/mol. The highest BCUT2D eigenvalue weighted by atomic mass is 16.1. The lowest BCUT2D eigenvalue weighted by atomic mass is 10.1. The summed E-state index contributed by atoms with van der Waals surface area (Å²) in [4.78, 5) is 11.1. The summed E-state index contributed by atoms with van der Waals surface area (Å²) < 4.78 is 0. The predicted octanol–water partition coefficient (Wildman–Crippen LogP) is 0.472. The maximum atomic E-state index is 11.1. The van der Waals surface area contributed by atoms with Crippen molar-refractivity contribution in [2.24, 2.45) is 0 Å². The molecule has 2 heteroatoms. The highest BCUT2D eigenvalue weighted by Gasteiger charge is 2.18. The Balaban J connectivity index is 2.33. The van der Waals surface area contributed by atoms with Gasteiger partial charge in [-0.15, -0.1) is 0 Å². The molecule has 2 N–H and O–H groups in total. The van der Waals surface area contributed by atoms with Crippen molar-refractivity contribution in [1.29, 1.82) is 0 Å². The average molecular weight is 156 g/mol. The van der Waals surface area contributed by atoms with Crippen LogP contribution in [0.4, 0.5) is 0 Å². The Bertz CT molecular complexity index is 134. The average Bonchev–Trinajstić information content (AvgIpc) is 2.15. The number of ketones is 1. The fraction of sp³-hybridized carbons (Fsp3) is 0.889. The fourth-order valence-corrected chi connectivity index (χ4v) is 1.72. The van der Waals surface area contributed by atoms with E-state index in [-0.39, 0.29) is 0 Å². The van der Waals surface area contributed by atoms with Gasteiger partial charge < -0.3 is 5.32 Å². The first kappa shape index (κ1) is 8.72. The van der Waals surface area contributed by atoms with E-state index in [1.807, 2.05) is 0 Å². The first-order valence-electron chi connectivity index (χ1n) is 4.68. The molecule has 1 unspecified atom stereocenters. The van der Waals surface area contributed by atoms with Gasteiger partial charge in [0.1, 0.15) is 5.78 Å². The van der Waals surface area contributed by atoms with Crippen LogP contribution in [0.3, 0.4) is 0 Å². The van der Waals surface area contributed by atoms with Crippen molar-refractivity contribution >= 4 is 5.78 Å². The normalized spacial score (nSPS) is 26.6. The zero-order valence-corrected chi connectivity index (χ0v) is 7.31. The van der Waals surface area contributed by atoms with Gasteiger partial charge in [-0.3, -0.25) is 4.79 Å². The molecule has 11 heavy (non-hydrogen) atoms. The minimum Gasteiger partial charge on any atom is -0.343 e. The number of carbonyl (C=O) groups excluding carboxylic acids is 1. The van der Waals surface area contributed by atoms with Gasteiger partial charge in [0.25, 0.3) is 0 Å². The van der Waals surface area contributed by atoms with Crippen LogP contribution in [0.25, 0.3) is 0 Å². The SMILES string of the molecule is CCCC1CC(=O)CCC[NH2+]1. The number of hydrogen-bond donors (Lipinski definition) is 1. The third-order valence-electron chi connectivity index (χ3n) is 2.31. The highest BCUT2D eigenvalue weighted by molar-refractivity contribution is 5.78. The molecule has 0 bridgehead atoms. The van der Waals surface area contributed by atoms with Crippen molar-refractivity contribution in [3.05, 3.63) is 0 Å². The van der Waals surface area contributed by atoms with Gasteiger partial charge in [-0.1, -0.05) is 13.3 Å².